The average molecular weight is 440 g/mol. The molecule has 2 heterocycles. The number of hydrogen-bond acceptors (Lipinski definition) is 7. The van der Waals surface area contributed by atoms with Crippen LogP contribution < -0.4 is 0 Å². The second-order valence-corrected chi connectivity index (χ2v) is 9.36. The van der Waals surface area contributed by atoms with Gasteiger partial charge in [-0.1, -0.05) is 6.07 Å². The Bertz CT molecular complexity index is 881. The van der Waals surface area contributed by atoms with Gasteiger partial charge in [-0.15, -0.1) is 11.3 Å². The molecule has 8 nitrogen and oxygen atoms in total. The van der Waals surface area contributed by atoms with Crippen molar-refractivity contribution in [3.8, 4) is 10.7 Å². The van der Waals surface area contributed by atoms with Gasteiger partial charge in [-0.25, -0.2) is 0 Å². The monoisotopic (exact) mass is 439 g/mol. The van der Waals surface area contributed by atoms with Gasteiger partial charge in [-0.05, 0) is 65.5 Å². The molecule has 0 spiro atoms. The van der Waals surface area contributed by atoms with E-state index in [0.717, 1.165) is 4.88 Å². The largest absolute Gasteiger partial charge is 0.459 e. The zero-order chi connectivity index (χ0) is 21.8. The first-order chi connectivity index (χ1) is 13.5. The predicted octanol–water partition coefficient (Wildman–Crippen LogP) is 2.96. The van der Waals surface area contributed by atoms with Crippen LogP contribution in [0.2, 0.25) is 0 Å². The normalized spacial score (nSPS) is 12.8. The summed E-state index contributed by atoms with van der Waals surface area (Å²) in [7, 11) is 3.83. The second kappa shape index (κ2) is 9.64. The molecule has 0 aliphatic rings. The summed E-state index contributed by atoms with van der Waals surface area (Å²) in [6.45, 7) is 8.08. The molecule has 1 unspecified atom stereocenters. The summed E-state index contributed by atoms with van der Waals surface area (Å²) in [5, 5.41) is 9.00. The number of amides is 1. The number of carbonyl (C=O) groups excluding carboxylic acids is 2. The van der Waals surface area contributed by atoms with Gasteiger partial charge >= 0.3 is 5.97 Å². The van der Waals surface area contributed by atoms with E-state index in [4.69, 9.17) is 17.0 Å². The van der Waals surface area contributed by atoms with E-state index in [2.05, 4.69) is 10.2 Å². The standard InChI is InChI=1S/C19H29N5O3S2/c1-13(24-16(20-21-18(24)28)14-8-7-11-29-14)17(26)23(10-9-22(5)6)12-15(25)27-19(2,3)4/h7-8,11,13H,9-10,12H2,1-6H3,(H,21,28). The summed E-state index contributed by atoms with van der Waals surface area (Å²) in [5.74, 6) is -0.0465. The van der Waals surface area contributed by atoms with Crippen molar-refractivity contribution in [1.29, 1.82) is 0 Å². The minimum atomic E-state index is -0.622. The maximum atomic E-state index is 13.3. The van der Waals surface area contributed by atoms with Crippen LogP contribution in [0, 0.1) is 4.77 Å². The summed E-state index contributed by atoms with van der Waals surface area (Å²) in [4.78, 5) is 30.1. The molecule has 1 atom stereocenters. The van der Waals surface area contributed by atoms with Gasteiger partial charge in [0.1, 0.15) is 18.2 Å². The molecule has 0 aliphatic heterocycles. The number of esters is 1. The van der Waals surface area contributed by atoms with Crippen LogP contribution in [-0.2, 0) is 14.3 Å². The lowest BCUT2D eigenvalue weighted by Crippen LogP contribution is -2.44. The minimum absolute atomic E-state index is 0.117. The Morgan fingerprint density at radius 2 is 2.03 bits per heavy atom. The predicted molar refractivity (Wildman–Crippen MR) is 116 cm³/mol. The van der Waals surface area contributed by atoms with Gasteiger partial charge in [-0.3, -0.25) is 19.3 Å². The summed E-state index contributed by atoms with van der Waals surface area (Å²) < 4.78 is 7.47. The Labute approximate surface area is 180 Å². The minimum Gasteiger partial charge on any atom is -0.459 e. The number of hydrogen-bond donors (Lipinski definition) is 1. The van der Waals surface area contributed by atoms with E-state index in [-0.39, 0.29) is 12.5 Å². The van der Waals surface area contributed by atoms with E-state index < -0.39 is 17.6 Å². The Balaban J connectivity index is 2.27. The smallest absolute Gasteiger partial charge is 0.326 e. The lowest BCUT2D eigenvalue weighted by atomic mass is 10.2. The van der Waals surface area contributed by atoms with Crippen molar-refractivity contribution in [3.63, 3.8) is 0 Å². The van der Waals surface area contributed by atoms with Crippen LogP contribution in [-0.4, -0.2) is 75.8 Å². The number of aromatic nitrogens is 3. The molecule has 0 saturated carbocycles. The average Bonchev–Trinajstić information content (AvgIpc) is 3.24. The van der Waals surface area contributed by atoms with Crippen LogP contribution in [0.4, 0.5) is 0 Å². The first kappa shape index (κ1) is 23.2. The van der Waals surface area contributed by atoms with Crippen molar-refractivity contribution >= 4 is 35.4 Å². The quantitative estimate of drug-likeness (QED) is 0.503. The molecule has 1 N–H and O–H groups in total. The van der Waals surface area contributed by atoms with Crippen molar-refractivity contribution < 1.29 is 14.3 Å². The highest BCUT2D eigenvalue weighted by atomic mass is 32.1. The number of ether oxygens (including phenoxy) is 1. The number of carbonyl (C=O) groups is 2. The summed E-state index contributed by atoms with van der Waals surface area (Å²) in [6.07, 6.45) is 0. The number of rotatable bonds is 8. The van der Waals surface area contributed by atoms with Gasteiger partial charge in [0.05, 0.1) is 4.88 Å². The Kier molecular flexibility index (Phi) is 7.73. The third-order valence-electron chi connectivity index (χ3n) is 4.06. The van der Waals surface area contributed by atoms with E-state index >= 15 is 0 Å². The molecular weight excluding hydrogens is 410 g/mol. The number of nitrogens with one attached hydrogen (secondary N) is 1. The molecule has 0 radical (unpaired) electrons. The van der Waals surface area contributed by atoms with Crippen molar-refractivity contribution in [2.45, 2.75) is 39.3 Å². The number of H-pyrrole nitrogens is 1. The van der Waals surface area contributed by atoms with Crippen LogP contribution >= 0.6 is 23.6 Å². The lowest BCUT2D eigenvalue weighted by Gasteiger charge is -2.28. The molecule has 0 aromatic carbocycles. The van der Waals surface area contributed by atoms with Crippen molar-refractivity contribution in [2.75, 3.05) is 33.7 Å². The molecule has 160 valence electrons. The van der Waals surface area contributed by atoms with Gasteiger partial charge < -0.3 is 14.5 Å². The maximum absolute atomic E-state index is 13.3. The molecule has 2 aromatic rings. The van der Waals surface area contributed by atoms with Gasteiger partial charge in [-0.2, -0.15) is 5.10 Å². The van der Waals surface area contributed by atoms with Crippen LogP contribution in [0.25, 0.3) is 10.7 Å². The fourth-order valence-electron chi connectivity index (χ4n) is 2.74. The molecule has 2 aromatic heterocycles. The fourth-order valence-corrected chi connectivity index (χ4v) is 3.74. The zero-order valence-electron chi connectivity index (χ0n) is 17.8. The lowest BCUT2D eigenvalue weighted by molar-refractivity contribution is -0.159. The van der Waals surface area contributed by atoms with Crippen LogP contribution in [0.1, 0.15) is 33.7 Å². The first-order valence-electron chi connectivity index (χ1n) is 9.35. The van der Waals surface area contributed by atoms with Crippen LogP contribution in [0.3, 0.4) is 0 Å². The van der Waals surface area contributed by atoms with Gasteiger partial charge in [0.2, 0.25) is 5.91 Å². The van der Waals surface area contributed by atoms with Gasteiger partial charge in [0, 0.05) is 13.1 Å². The highest BCUT2D eigenvalue weighted by molar-refractivity contribution is 7.71. The van der Waals surface area contributed by atoms with E-state index in [1.54, 1.807) is 32.3 Å². The SMILES string of the molecule is CC(C(=O)N(CCN(C)C)CC(=O)OC(C)(C)C)n1c(-c2cccs2)n[nH]c1=S. The zero-order valence-corrected chi connectivity index (χ0v) is 19.4. The van der Waals surface area contributed by atoms with Gasteiger partial charge in [0.15, 0.2) is 10.6 Å². The second-order valence-electron chi connectivity index (χ2n) is 8.03. The first-order valence-corrected chi connectivity index (χ1v) is 10.6. The van der Waals surface area contributed by atoms with Crippen molar-refractivity contribution in [1.82, 2.24) is 24.6 Å². The molecule has 29 heavy (non-hydrogen) atoms. The molecule has 0 bridgehead atoms. The van der Waals surface area contributed by atoms with E-state index in [1.807, 2.05) is 36.5 Å². The molecular formula is C19H29N5O3S2. The van der Waals surface area contributed by atoms with E-state index in [0.29, 0.717) is 23.7 Å². The highest BCUT2D eigenvalue weighted by Gasteiger charge is 2.28. The van der Waals surface area contributed by atoms with Crippen molar-refractivity contribution in [2.24, 2.45) is 0 Å². The summed E-state index contributed by atoms with van der Waals surface area (Å²) in [5.41, 5.74) is -0.613. The maximum Gasteiger partial charge on any atom is 0.326 e. The van der Waals surface area contributed by atoms with Crippen LogP contribution in [0.15, 0.2) is 17.5 Å². The Morgan fingerprint density at radius 3 is 2.59 bits per heavy atom. The number of likely N-dealkylation sites (N-methyl/N-ethyl adjacent to an activating group) is 1. The summed E-state index contributed by atoms with van der Waals surface area (Å²) in [6, 6.07) is 3.22. The number of aromatic amines is 1. The molecule has 0 saturated heterocycles. The third-order valence-corrected chi connectivity index (χ3v) is 5.21. The van der Waals surface area contributed by atoms with E-state index in [9.17, 15) is 9.59 Å². The number of nitrogens with zero attached hydrogens (tertiary/aromatic N) is 4. The van der Waals surface area contributed by atoms with Crippen LogP contribution in [0.5, 0.6) is 0 Å². The number of thiophene rings is 1. The Morgan fingerprint density at radius 1 is 1.34 bits per heavy atom. The molecule has 1 amide bonds. The highest BCUT2D eigenvalue weighted by Crippen LogP contribution is 2.26. The molecule has 2 rings (SSSR count). The molecule has 0 aliphatic carbocycles. The summed E-state index contributed by atoms with van der Waals surface area (Å²) >= 11 is 6.89. The van der Waals surface area contributed by atoms with Gasteiger partial charge in [0.25, 0.3) is 0 Å². The fraction of sp³-hybridized carbons (Fsp3) is 0.579. The van der Waals surface area contributed by atoms with Crippen molar-refractivity contribution in [3.05, 3.63) is 22.3 Å². The Hall–Kier alpha value is -2.04. The molecule has 10 heteroatoms. The molecule has 0 fully saturated rings. The topological polar surface area (TPSA) is 83.5 Å². The van der Waals surface area contributed by atoms with E-state index in [1.165, 1.54) is 16.2 Å². The third kappa shape index (κ3) is 6.48.